The highest BCUT2D eigenvalue weighted by Gasteiger charge is 2.05. The molecule has 0 unspecified atom stereocenters. The Kier molecular flexibility index (Phi) is 5.32. The van der Waals surface area contributed by atoms with Crippen LogP contribution >= 0.6 is 15.9 Å². The van der Waals surface area contributed by atoms with Gasteiger partial charge < -0.3 is 10.4 Å². The van der Waals surface area contributed by atoms with Crippen LogP contribution in [0.5, 0.6) is 0 Å². The van der Waals surface area contributed by atoms with Gasteiger partial charge in [0.25, 0.3) is 0 Å². The average Bonchev–Trinajstić information content (AvgIpc) is 2.40. The normalized spacial score (nSPS) is 10.4. The lowest BCUT2D eigenvalue weighted by atomic mass is 10.0. The largest absolute Gasteiger partial charge is 0.481 e. The third-order valence-electron chi connectivity index (χ3n) is 2.99. The van der Waals surface area contributed by atoms with Crippen molar-refractivity contribution in [3.05, 3.63) is 69.7 Å². The summed E-state index contributed by atoms with van der Waals surface area (Å²) in [5.74, 6) is -0.801. The molecule has 2 N–H and O–H groups in total. The Hall–Kier alpha value is -1.65. The van der Waals surface area contributed by atoms with E-state index in [2.05, 4.69) is 33.4 Å². The fraction of sp³-hybridized carbons (Fsp3) is 0.188. The van der Waals surface area contributed by atoms with Crippen molar-refractivity contribution in [2.75, 3.05) is 0 Å². The van der Waals surface area contributed by atoms with Crippen LogP contribution in [-0.4, -0.2) is 11.1 Å². The number of carboxylic acids is 1. The molecule has 0 fully saturated rings. The monoisotopic (exact) mass is 333 g/mol. The van der Waals surface area contributed by atoms with E-state index in [0.717, 1.165) is 22.1 Å². The van der Waals surface area contributed by atoms with Crippen LogP contribution in [0.3, 0.4) is 0 Å². The number of rotatable bonds is 6. The molecular formula is C16H16BrNO2. The third-order valence-corrected chi connectivity index (χ3v) is 3.49. The number of carboxylic acid groups (broad SMARTS) is 1. The number of hydrogen-bond acceptors (Lipinski definition) is 2. The summed E-state index contributed by atoms with van der Waals surface area (Å²) in [6.07, 6.45) is 0.0642. The highest BCUT2D eigenvalue weighted by atomic mass is 79.9. The summed E-state index contributed by atoms with van der Waals surface area (Å²) >= 11 is 3.44. The molecule has 4 heteroatoms. The summed E-state index contributed by atoms with van der Waals surface area (Å²) in [6, 6.07) is 15.7. The van der Waals surface area contributed by atoms with Gasteiger partial charge in [0.15, 0.2) is 0 Å². The summed E-state index contributed by atoms with van der Waals surface area (Å²) in [4.78, 5) is 10.8. The molecule has 0 aliphatic heterocycles. The first-order chi connectivity index (χ1) is 9.65. The van der Waals surface area contributed by atoms with E-state index in [1.807, 2.05) is 36.4 Å². The van der Waals surface area contributed by atoms with E-state index >= 15 is 0 Å². The van der Waals surface area contributed by atoms with Gasteiger partial charge in [0.1, 0.15) is 0 Å². The summed E-state index contributed by atoms with van der Waals surface area (Å²) in [5.41, 5.74) is 3.08. The molecule has 0 aromatic heterocycles. The lowest BCUT2D eigenvalue weighted by Crippen LogP contribution is -2.15. The molecule has 2 aromatic rings. The molecule has 0 heterocycles. The van der Waals surface area contributed by atoms with Gasteiger partial charge in [-0.3, -0.25) is 4.79 Å². The Morgan fingerprint density at radius 1 is 1.05 bits per heavy atom. The zero-order valence-electron chi connectivity index (χ0n) is 11.0. The van der Waals surface area contributed by atoms with Gasteiger partial charge in [-0.25, -0.2) is 0 Å². The quantitative estimate of drug-likeness (QED) is 0.852. The lowest BCUT2D eigenvalue weighted by molar-refractivity contribution is -0.136. The second-order valence-corrected chi connectivity index (χ2v) is 5.49. The second-order valence-electron chi connectivity index (χ2n) is 4.57. The standard InChI is InChI=1S/C16H16BrNO2/c17-15-7-3-4-12(8-15)10-18-11-14-6-2-1-5-13(14)9-16(19)20/h1-8,18H,9-11H2,(H,19,20). The van der Waals surface area contributed by atoms with Gasteiger partial charge in [-0.15, -0.1) is 0 Å². The van der Waals surface area contributed by atoms with Crippen molar-refractivity contribution < 1.29 is 9.90 Å². The zero-order valence-corrected chi connectivity index (χ0v) is 12.6. The fourth-order valence-electron chi connectivity index (χ4n) is 2.05. The number of hydrogen-bond donors (Lipinski definition) is 2. The minimum absolute atomic E-state index is 0.0642. The molecule has 20 heavy (non-hydrogen) atoms. The molecule has 0 aliphatic rings. The molecule has 0 bridgehead atoms. The van der Waals surface area contributed by atoms with Crippen LogP contribution in [0.2, 0.25) is 0 Å². The van der Waals surface area contributed by atoms with Crippen LogP contribution < -0.4 is 5.32 Å². The van der Waals surface area contributed by atoms with E-state index in [4.69, 9.17) is 5.11 Å². The first-order valence-corrected chi connectivity index (χ1v) is 7.18. The number of carbonyl (C=O) groups is 1. The summed E-state index contributed by atoms with van der Waals surface area (Å²) in [6.45, 7) is 1.41. The van der Waals surface area contributed by atoms with E-state index in [-0.39, 0.29) is 6.42 Å². The number of nitrogens with one attached hydrogen (secondary N) is 1. The van der Waals surface area contributed by atoms with E-state index in [1.165, 1.54) is 5.56 Å². The van der Waals surface area contributed by atoms with Crippen molar-refractivity contribution in [1.82, 2.24) is 5.32 Å². The molecule has 0 aliphatic carbocycles. The summed E-state index contributed by atoms with van der Waals surface area (Å²) in [5, 5.41) is 12.2. The predicted molar refractivity (Wildman–Crippen MR) is 82.5 cm³/mol. The van der Waals surface area contributed by atoms with Gasteiger partial charge in [0.05, 0.1) is 6.42 Å². The topological polar surface area (TPSA) is 49.3 Å². The first-order valence-electron chi connectivity index (χ1n) is 6.39. The van der Waals surface area contributed by atoms with Gasteiger partial charge in [-0.2, -0.15) is 0 Å². The van der Waals surface area contributed by atoms with E-state index in [1.54, 1.807) is 0 Å². The third kappa shape index (κ3) is 4.47. The molecular weight excluding hydrogens is 318 g/mol. The van der Waals surface area contributed by atoms with Crippen molar-refractivity contribution in [2.45, 2.75) is 19.5 Å². The zero-order chi connectivity index (χ0) is 14.4. The molecule has 3 nitrogen and oxygen atoms in total. The minimum Gasteiger partial charge on any atom is -0.481 e. The van der Waals surface area contributed by atoms with Crippen molar-refractivity contribution in [3.8, 4) is 0 Å². The second kappa shape index (κ2) is 7.22. The van der Waals surface area contributed by atoms with Gasteiger partial charge in [0.2, 0.25) is 0 Å². The van der Waals surface area contributed by atoms with Gasteiger partial charge in [0, 0.05) is 17.6 Å². The maximum absolute atomic E-state index is 10.8. The SMILES string of the molecule is O=C(O)Cc1ccccc1CNCc1cccc(Br)c1. The Balaban J connectivity index is 1.95. The Morgan fingerprint density at radius 3 is 2.50 bits per heavy atom. The molecule has 2 rings (SSSR count). The Bertz CT molecular complexity index is 599. The van der Waals surface area contributed by atoms with Crippen LogP contribution in [0.1, 0.15) is 16.7 Å². The predicted octanol–water partition coefficient (Wildman–Crippen LogP) is 3.37. The highest BCUT2D eigenvalue weighted by Crippen LogP contribution is 2.13. The van der Waals surface area contributed by atoms with E-state index in [0.29, 0.717) is 6.54 Å². The van der Waals surface area contributed by atoms with Crippen LogP contribution in [0.4, 0.5) is 0 Å². The Labute approximate surface area is 126 Å². The number of halogens is 1. The fourth-order valence-corrected chi connectivity index (χ4v) is 2.50. The van der Waals surface area contributed by atoms with Crippen LogP contribution in [-0.2, 0) is 24.3 Å². The van der Waals surface area contributed by atoms with Crippen LogP contribution in [0.15, 0.2) is 53.0 Å². The molecule has 0 radical (unpaired) electrons. The molecule has 0 atom stereocenters. The maximum Gasteiger partial charge on any atom is 0.307 e. The number of aliphatic carboxylic acids is 1. The average molecular weight is 334 g/mol. The van der Waals surface area contributed by atoms with Gasteiger partial charge in [-0.05, 0) is 28.8 Å². The van der Waals surface area contributed by atoms with Crippen molar-refractivity contribution in [1.29, 1.82) is 0 Å². The van der Waals surface area contributed by atoms with E-state index in [9.17, 15) is 4.79 Å². The molecule has 0 saturated carbocycles. The lowest BCUT2D eigenvalue weighted by Gasteiger charge is -2.09. The van der Waals surface area contributed by atoms with Gasteiger partial charge in [-0.1, -0.05) is 52.3 Å². The molecule has 104 valence electrons. The maximum atomic E-state index is 10.8. The van der Waals surface area contributed by atoms with Crippen molar-refractivity contribution >= 4 is 21.9 Å². The van der Waals surface area contributed by atoms with Crippen LogP contribution in [0.25, 0.3) is 0 Å². The van der Waals surface area contributed by atoms with Gasteiger partial charge >= 0.3 is 5.97 Å². The minimum atomic E-state index is -0.801. The number of benzene rings is 2. The highest BCUT2D eigenvalue weighted by molar-refractivity contribution is 9.10. The smallest absolute Gasteiger partial charge is 0.307 e. The van der Waals surface area contributed by atoms with Crippen molar-refractivity contribution in [3.63, 3.8) is 0 Å². The Morgan fingerprint density at radius 2 is 1.80 bits per heavy atom. The van der Waals surface area contributed by atoms with Crippen molar-refractivity contribution in [2.24, 2.45) is 0 Å². The molecule has 2 aromatic carbocycles. The first kappa shape index (κ1) is 14.8. The van der Waals surface area contributed by atoms with Crippen LogP contribution in [0, 0.1) is 0 Å². The molecule has 0 amide bonds. The molecule has 0 saturated heterocycles. The molecule has 0 spiro atoms. The summed E-state index contributed by atoms with van der Waals surface area (Å²) in [7, 11) is 0. The van der Waals surface area contributed by atoms with E-state index < -0.39 is 5.97 Å². The summed E-state index contributed by atoms with van der Waals surface area (Å²) < 4.78 is 1.06.